The first kappa shape index (κ1) is 15.4. The molecule has 0 saturated heterocycles. The summed E-state index contributed by atoms with van der Waals surface area (Å²) in [5.74, 6) is -3.06. The Hall–Kier alpha value is -1.98. The third kappa shape index (κ3) is 4.24. The van der Waals surface area contributed by atoms with E-state index in [1.54, 1.807) is 0 Å². The molecule has 0 aromatic heterocycles. The molecule has 1 aliphatic rings. The summed E-state index contributed by atoms with van der Waals surface area (Å²) in [6.45, 7) is 0.274. The maximum Gasteiger partial charge on any atom is 0.306 e. The van der Waals surface area contributed by atoms with Gasteiger partial charge in [0.15, 0.2) is 0 Å². The largest absolute Gasteiger partial charge is 0.481 e. The van der Waals surface area contributed by atoms with Crippen molar-refractivity contribution in [1.82, 2.24) is 5.32 Å². The number of carbonyl (C=O) groups is 2. The molecule has 114 valence electrons. The fourth-order valence-corrected chi connectivity index (χ4v) is 2.67. The minimum Gasteiger partial charge on any atom is -0.481 e. The highest BCUT2D eigenvalue weighted by molar-refractivity contribution is 5.80. The molecule has 0 aliphatic heterocycles. The van der Waals surface area contributed by atoms with Crippen molar-refractivity contribution in [3.63, 3.8) is 0 Å². The first-order valence-corrected chi connectivity index (χ1v) is 6.91. The highest BCUT2D eigenvalue weighted by Gasteiger charge is 2.33. The number of carbonyl (C=O) groups excluding carboxylic acids is 1. The van der Waals surface area contributed by atoms with Crippen molar-refractivity contribution >= 4 is 11.9 Å². The van der Waals surface area contributed by atoms with E-state index in [1.807, 2.05) is 0 Å². The molecular weight excluding hydrogens is 280 g/mol. The molecule has 1 saturated carbocycles. The van der Waals surface area contributed by atoms with Gasteiger partial charge in [-0.15, -0.1) is 0 Å². The van der Waals surface area contributed by atoms with Crippen LogP contribution in [0.5, 0.6) is 0 Å². The molecular formula is C15H17F2NO3. The number of rotatable bonds is 5. The Morgan fingerprint density at radius 2 is 1.76 bits per heavy atom. The van der Waals surface area contributed by atoms with E-state index in [1.165, 1.54) is 12.1 Å². The van der Waals surface area contributed by atoms with Gasteiger partial charge < -0.3 is 10.4 Å². The number of carboxylic acid groups (broad SMARTS) is 1. The molecule has 1 fully saturated rings. The van der Waals surface area contributed by atoms with Crippen LogP contribution in [0, 0.1) is 23.5 Å². The molecule has 1 aromatic rings. The highest BCUT2D eigenvalue weighted by atomic mass is 19.1. The minimum atomic E-state index is -0.861. The van der Waals surface area contributed by atoms with Crippen molar-refractivity contribution in [1.29, 1.82) is 0 Å². The van der Waals surface area contributed by atoms with Crippen LogP contribution >= 0.6 is 0 Å². The van der Waals surface area contributed by atoms with E-state index in [4.69, 9.17) is 5.11 Å². The topological polar surface area (TPSA) is 66.4 Å². The van der Waals surface area contributed by atoms with Gasteiger partial charge in [-0.25, -0.2) is 8.78 Å². The lowest BCUT2D eigenvalue weighted by Crippen LogP contribution is -2.31. The Kier molecular flexibility index (Phi) is 4.88. The van der Waals surface area contributed by atoms with E-state index in [-0.39, 0.29) is 18.4 Å². The highest BCUT2D eigenvalue weighted by Crippen LogP contribution is 2.31. The third-order valence-corrected chi connectivity index (χ3v) is 3.79. The van der Waals surface area contributed by atoms with Crippen molar-refractivity contribution in [2.75, 3.05) is 6.54 Å². The van der Waals surface area contributed by atoms with Gasteiger partial charge in [0.25, 0.3) is 0 Å². The van der Waals surface area contributed by atoms with Crippen LogP contribution < -0.4 is 5.32 Å². The second kappa shape index (κ2) is 6.65. The summed E-state index contributed by atoms with van der Waals surface area (Å²) in [5, 5.41) is 11.6. The number of carboxylic acids is 1. The van der Waals surface area contributed by atoms with Crippen LogP contribution in [0.15, 0.2) is 18.2 Å². The molecule has 21 heavy (non-hydrogen) atoms. The molecule has 4 nitrogen and oxygen atoms in total. The van der Waals surface area contributed by atoms with E-state index in [2.05, 4.69) is 5.32 Å². The van der Waals surface area contributed by atoms with Crippen molar-refractivity contribution in [2.24, 2.45) is 11.8 Å². The molecule has 6 heteroatoms. The van der Waals surface area contributed by atoms with Gasteiger partial charge >= 0.3 is 5.97 Å². The summed E-state index contributed by atoms with van der Waals surface area (Å²) in [4.78, 5) is 22.7. The summed E-state index contributed by atoms with van der Waals surface area (Å²) in [5.41, 5.74) is 0.475. The van der Waals surface area contributed by atoms with Gasteiger partial charge in [-0.05, 0) is 43.4 Å². The van der Waals surface area contributed by atoms with E-state index in [9.17, 15) is 18.4 Å². The molecule has 0 radical (unpaired) electrons. The normalized spacial score (nSPS) is 21.2. The Morgan fingerprint density at radius 3 is 2.33 bits per heavy atom. The number of nitrogens with one attached hydrogen (secondary N) is 1. The first-order valence-electron chi connectivity index (χ1n) is 6.91. The number of benzene rings is 1. The summed E-state index contributed by atoms with van der Waals surface area (Å²) in [7, 11) is 0. The van der Waals surface area contributed by atoms with Gasteiger partial charge in [0.05, 0.1) is 5.92 Å². The second-order valence-electron chi connectivity index (χ2n) is 5.36. The average Bonchev–Trinajstić information content (AvgIpc) is 2.87. The van der Waals surface area contributed by atoms with Gasteiger partial charge in [0.2, 0.25) is 5.91 Å². The number of hydrogen-bond acceptors (Lipinski definition) is 2. The lowest BCUT2D eigenvalue weighted by atomic mass is 10.0. The Labute approximate surface area is 121 Å². The predicted octanol–water partition coefficient (Wildman–Crippen LogP) is 2.12. The molecule has 1 aromatic carbocycles. The zero-order valence-electron chi connectivity index (χ0n) is 11.4. The van der Waals surface area contributed by atoms with Gasteiger partial charge in [0, 0.05) is 18.5 Å². The van der Waals surface area contributed by atoms with Crippen LogP contribution in [0.4, 0.5) is 8.78 Å². The van der Waals surface area contributed by atoms with Gasteiger partial charge in [0.1, 0.15) is 11.6 Å². The molecule has 1 amide bonds. The fourth-order valence-electron chi connectivity index (χ4n) is 2.67. The van der Waals surface area contributed by atoms with Gasteiger partial charge in [-0.2, -0.15) is 0 Å². The van der Waals surface area contributed by atoms with Crippen molar-refractivity contribution in [3.05, 3.63) is 35.4 Å². The van der Waals surface area contributed by atoms with Crippen molar-refractivity contribution in [3.8, 4) is 0 Å². The molecule has 1 aliphatic carbocycles. The van der Waals surface area contributed by atoms with E-state index >= 15 is 0 Å². The smallest absolute Gasteiger partial charge is 0.306 e. The molecule has 0 spiro atoms. The van der Waals surface area contributed by atoms with Crippen molar-refractivity contribution < 1.29 is 23.5 Å². The van der Waals surface area contributed by atoms with Crippen LogP contribution in [0.3, 0.4) is 0 Å². The fraction of sp³-hybridized carbons (Fsp3) is 0.467. The molecule has 0 unspecified atom stereocenters. The van der Waals surface area contributed by atoms with Crippen LogP contribution in [0.1, 0.15) is 24.8 Å². The van der Waals surface area contributed by atoms with Crippen LogP contribution in [-0.4, -0.2) is 23.5 Å². The third-order valence-electron chi connectivity index (χ3n) is 3.79. The maximum absolute atomic E-state index is 13.0. The van der Waals surface area contributed by atoms with Crippen molar-refractivity contribution in [2.45, 2.75) is 25.7 Å². The molecule has 2 atom stereocenters. The van der Waals surface area contributed by atoms with Gasteiger partial charge in [-0.3, -0.25) is 9.59 Å². The summed E-state index contributed by atoms with van der Waals surface area (Å²) in [6.07, 6.45) is 1.77. The monoisotopic (exact) mass is 297 g/mol. The molecule has 2 N–H and O–H groups in total. The standard InChI is InChI=1S/C15H17F2NO3/c16-12-5-9(6-13(17)8-12)3-4-18-14(19)10-1-2-11(7-10)15(20)21/h5-6,8,10-11H,1-4,7H2,(H,18,19)(H,20,21)/t10-,11+/m0/s1. The lowest BCUT2D eigenvalue weighted by molar-refractivity contribution is -0.141. The SMILES string of the molecule is O=C(O)[C@@H]1CC[C@H](C(=O)NCCc2cc(F)cc(F)c2)C1. The maximum atomic E-state index is 13.0. The number of halogens is 2. The number of aliphatic carboxylic acids is 1. The quantitative estimate of drug-likeness (QED) is 0.875. The Morgan fingerprint density at radius 1 is 1.14 bits per heavy atom. The lowest BCUT2D eigenvalue weighted by Gasteiger charge is -2.11. The Balaban J connectivity index is 1.78. The predicted molar refractivity (Wildman–Crippen MR) is 71.5 cm³/mol. The van der Waals surface area contributed by atoms with E-state index < -0.39 is 23.5 Å². The summed E-state index contributed by atoms with van der Waals surface area (Å²) in [6, 6.07) is 3.25. The van der Waals surface area contributed by atoms with E-state index in [0.29, 0.717) is 31.2 Å². The van der Waals surface area contributed by atoms with E-state index in [0.717, 1.165) is 6.07 Å². The van der Waals surface area contributed by atoms with Crippen LogP contribution in [-0.2, 0) is 16.0 Å². The zero-order chi connectivity index (χ0) is 15.4. The molecule has 0 bridgehead atoms. The zero-order valence-corrected chi connectivity index (χ0v) is 11.4. The second-order valence-corrected chi connectivity index (χ2v) is 5.36. The number of amides is 1. The minimum absolute atomic E-state index is 0.185. The van der Waals surface area contributed by atoms with Crippen LogP contribution in [0.2, 0.25) is 0 Å². The molecule has 0 heterocycles. The first-order chi connectivity index (χ1) is 9.95. The van der Waals surface area contributed by atoms with Gasteiger partial charge in [-0.1, -0.05) is 0 Å². The summed E-state index contributed by atoms with van der Waals surface area (Å²) >= 11 is 0. The average molecular weight is 297 g/mol. The number of hydrogen-bond donors (Lipinski definition) is 2. The van der Waals surface area contributed by atoms with Crippen LogP contribution in [0.25, 0.3) is 0 Å². The molecule has 2 rings (SSSR count). The Bertz CT molecular complexity index is 527. The summed E-state index contributed by atoms with van der Waals surface area (Å²) < 4.78 is 26.0.